The van der Waals surface area contributed by atoms with E-state index in [2.05, 4.69) is 31.3 Å². The molecule has 1 unspecified atom stereocenters. The summed E-state index contributed by atoms with van der Waals surface area (Å²) in [5.74, 6) is -0.217. The second-order valence-corrected chi connectivity index (χ2v) is 5.11. The Balaban J connectivity index is 2.21. The molecule has 102 valence electrons. The second kappa shape index (κ2) is 6.12. The molecule has 1 atom stereocenters. The van der Waals surface area contributed by atoms with Crippen molar-refractivity contribution in [3.05, 3.63) is 28.6 Å². The van der Waals surface area contributed by atoms with Crippen molar-refractivity contribution in [2.75, 3.05) is 6.61 Å². The highest BCUT2D eigenvalue weighted by Gasteiger charge is 2.17. The number of aliphatic hydroxyl groups excluding tert-OH is 1. The molecule has 0 aliphatic carbocycles. The van der Waals surface area contributed by atoms with Gasteiger partial charge in [0.2, 0.25) is 0 Å². The topological polar surface area (TPSA) is 79.5 Å². The lowest BCUT2D eigenvalue weighted by Gasteiger charge is -2.14. The number of aromatic nitrogens is 3. The van der Waals surface area contributed by atoms with Crippen LogP contribution < -0.4 is 5.32 Å². The lowest BCUT2D eigenvalue weighted by molar-refractivity contribution is 0.0930. The number of carbonyl (C=O) groups is 1. The summed E-state index contributed by atoms with van der Waals surface area (Å²) in [7, 11) is 0. The van der Waals surface area contributed by atoms with Crippen molar-refractivity contribution in [2.24, 2.45) is 0 Å². The van der Waals surface area contributed by atoms with E-state index in [1.165, 1.54) is 6.20 Å². The Hall–Kier alpha value is -1.47. The Kier molecular flexibility index (Phi) is 4.49. The number of hydrogen-bond donors (Lipinski definition) is 2. The van der Waals surface area contributed by atoms with Gasteiger partial charge < -0.3 is 10.4 Å². The van der Waals surface area contributed by atoms with Gasteiger partial charge in [0.05, 0.1) is 10.7 Å². The van der Waals surface area contributed by atoms with Crippen LogP contribution in [0.5, 0.6) is 0 Å². The number of carbonyl (C=O) groups excluding carboxylic acids is 1. The fourth-order valence-corrected chi connectivity index (χ4v) is 2.11. The molecule has 6 nitrogen and oxygen atoms in total. The summed E-state index contributed by atoms with van der Waals surface area (Å²) in [6, 6.07) is -0.0390. The first-order valence-corrected chi connectivity index (χ1v) is 6.85. The van der Waals surface area contributed by atoms with Gasteiger partial charge in [0.1, 0.15) is 5.56 Å². The van der Waals surface area contributed by atoms with Gasteiger partial charge in [-0.2, -0.15) is 5.10 Å². The monoisotopic (exact) mass is 326 g/mol. The zero-order valence-electron chi connectivity index (χ0n) is 10.5. The standard InChI is InChI=1S/C12H15BrN4O2/c1-2-9(3-4-18)16-12(19)10-6-15-17-7-8(13)5-14-11(10)17/h5-7,9,18H,2-4H2,1H3,(H,16,19). The van der Waals surface area contributed by atoms with Crippen LogP contribution in [0.3, 0.4) is 0 Å². The van der Waals surface area contributed by atoms with Crippen LogP contribution in [-0.4, -0.2) is 38.3 Å². The first kappa shape index (κ1) is 14.0. The van der Waals surface area contributed by atoms with Gasteiger partial charge in [-0.15, -0.1) is 0 Å². The number of aliphatic hydroxyl groups is 1. The SMILES string of the molecule is CCC(CCO)NC(=O)c1cnn2cc(Br)cnc12. The molecule has 0 radical (unpaired) electrons. The summed E-state index contributed by atoms with van der Waals surface area (Å²) in [5.41, 5.74) is 0.948. The fourth-order valence-electron chi connectivity index (χ4n) is 1.81. The van der Waals surface area contributed by atoms with Crippen LogP contribution in [0.25, 0.3) is 5.65 Å². The van der Waals surface area contributed by atoms with Gasteiger partial charge in [-0.05, 0) is 28.8 Å². The minimum Gasteiger partial charge on any atom is -0.396 e. The number of nitrogens with one attached hydrogen (secondary N) is 1. The Bertz CT molecular complexity index is 584. The molecule has 0 saturated heterocycles. The van der Waals surface area contributed by atoms with Crippen molar-refractivity contribution < 1.29 is 9.90 Å². The first-order chi connectivity index (χ1) is 9.15. The molecular formula is C12H15BrN4O2. The lowest BCUT2D eigenvalue weighted by Crippen LogP contribution is -2.35. The molecule has 0 aliphatic rings. The maximum Gasteiger partial charge on any atom is 0.256 e. The molecule has 0 saturated carbocycles. The third-order valence-corrected chi connectivity index (χ3v) is 3.28. The van der Waals surface area contributed by atoms with Crippen molar-refractivity contribution in [1.29, 1.82) is 0 Å². The molecule has 2 N–H and O–H groups in total. The molecule has 2 rings (SSSR count). The van der Waals surface area contributed by atoms with Gasteiger partial charge >= 0.3 is 0 Å². The predicted octanol–water partition coefficient (Wildman–Crippen LogP) is 1.38. The number of fused-ring (bicyclic) bond motifs is 1. The highest BCUT2D eigenvalue weighted by Crippen LogP contribution is 2.12. The van der Waals surface area contributed by atoms with Crippen LogP contribution in [0.1, 0.15) is 30.1 Å². The summed E-state index contributed by atoms with van der Waals surface area (Å²) in [5, 5.41) is 15.9. The van der Waals surface area contributed by atoms with Crippen molar-refractivity contribution >= 4 is 27.5 Å². The van der Waals surface area contributed by atoms with E-state index in [1.54, 1.807) is 16.9 Å². The first-order valence-electron chi connectivity index (χ1n) is 6.06. The summed E-state index contributed by atoms with van der Waals surface area (Å²) < 4.78 is 2.34. The Labute approximate surface area is 119 Å². The smallest absolute Gasteiger partial charge is 0.256 e. The van der Waals surface area contributed by atoms with Crippen LogP contribution >= 0.6 is 15.9 Å². The van der Waals surface area contributed by atoms with Gasteiger partial charge in [0.15, 0.2) is 5.65 Å². The molecule has 0 aliphatic heterocycles. The zero-order chi connectivity index (χ0) is 13.8. The molecule has 0 spiro atoms. The van der Waals surface area contributed by atoms with Gasteiger partial charge in [0.25, 0.3) is 5.91 Å². The molecular weight excluding hydrogens is 312 g/mol. The molecule has 1 amide bonds. The van der Waals surface area contributed by atoms with E-state index in [9.17, 15) is 4.79 Å². The van der Waals surface area contributed by atoms with Crippen LogP contribution in [0.15, 0.2) is 23.1 Å². The van der Waals surface area contributed by atoms with Crippen LogP contribution in [0.4, 0.5) is 0 Å². The molecule has 2 aromatic rings. The Morgan fingerprint density at radius 1 is 1.58 bits per heavy atom. The quantitative estimate of drug-likeness (QED) is 0.870. The Morgan fingerprint density at radius 3 is 3.05 bits per heavy atom. The number of rotatable bonds is 5. The normalized spacial score (nSPS) is 12.6. The van der Waals surface area contributed by atoms with Crippen molar-refractivity contribution in [3.8, 4) is 0 Å². The Morgan fingerprint density at radius 2 is 2.37 bits per heavy atom. The van der Waals surface area contributed by atoms with E-state index in [0.717, 1.165) is 10.9 Å². The maximum absolute atomic E-state index is 12.2. The second-order valence-electron chi connectivity index (χ2n) is 4.19. The number of halogens is 1. The highest BCUT2D eigenvalue weighted by molar-refractivity contribution is 9.10. The molecule has 2 heterocycles. The van der Waals surface area contributed by atoms with E-state index >= 15 is 0 Å². The zero-order valence-corrected chi connectivity index (χ0v) is 12.1. The fraction of sp³-hybridized carbons (Fsp3) is 0.417. The number of nitrogens with zero attached hydrogens (tertiary/aromatic N) is 3. The average molecular weight is 327 g/mol. The van der Waals surface area contributed by atoms with Gasteiger partial charge in [0, 0.05) is 25.0 Å². The summed E-state index contributed by atoms with van der Waals surface area (Å²) in [4.78, 5) is 16.3. The van der Waals surface area contributed by atoms with Crippen LogP contribution in [-0.2, 0) is 0 Å². The third-order valence-electron chi connectivity index (χ3n) is 2.88. The minimum absolute atomic E-state index is 0.0390. The molecule has 0 bridgehead atoms. The molecule has 0 fully saturated rings. The van der Waals surface area contributed by atoms with E-state index in [1.807, 2.05) is 6.92 Å². The summed E-state index contributed by atoms with van der Waals surface area (Å²) in [6.07, 6.45) is 6.17. The highest BCUT2D eigenvalue weighted by atomic mass is 79.9. The van der Waals surface area contributed by atoms with E-state index in [-0.39, 0.29) is 18.6 Å². The predicted molar refractivity (Wildman–Crippen MR) is 73.9 cm³/mol. The molecule has 7 heteroatoms. The van der Waals surface area contributed by atoms with Gasteiger partial charge in [-0.3, -0.25) is 4.79 Å². The lowest BCUT2D eigenvalue weighted by atomic mass is 10.1. The maximum atomic E-state index is 12.2. The summed E-state index contributed by atoms with van der Waals surface area (Å²) >= 11 is 3.30. The van der Waals surface area contributed by atoms with E-state index < -0.39 is 0 Å². The van der Waals surface area contributed by atoms with Gasteiger partial charge in [-0.25, -0.2) is 9.50 Å². The van der Waals surface area contributed by atoms with Crippen molar-refractivity contribution in [1.82, 2.24) is 19.9 Å². The van der Waals surface area contributed by atoms with Crippen molar-refractivity contribution in [3.63, 3.8) is 0 Å². The molecule has 2 aromatic heterocycles. The van der Waals surface area contributed by atoms with Crippen molar-refractivity contribution in [2.45, 2.75) is 25.8 Å². The summed E-state index contributed by atoms with van der Waals surface area (Å²) in [6.45, 7) is 2.02. The number of hydrogen-bond acceptors (Lipinski definition) is 4. The molecule has 0 aromatic carbocycles. The molecule has 19 heavy (non-hydrogen) atoms. The van der Waals surface area contributed by atoms with E-state index in [4.69, 9.17) is 5.11 Å². The van der Waals surface area contributed by atoms with Crippen LogP contribution in [0, 0.1) is 0 Å². The largest absolute Gasteiger partial charge is 0.396 e. The van der Waals surface area contributed by atoms with Gasteiger partial charge in [-0.1, -0.05) is 6.92 Å². The minimum atomic E-state index is -0.217. The van der Waals surface area contributed by atoms with E-state index in [0.29, 0.717) is 17.6 Å². The third kappa shape index (κ3) is 3.10. The average Bonchev–Trinajstić information content (AvgIpc) is 2.80. The van der Waals surface area contributed by atoms with Crippen LogP contribution in [0.2, 0.25) is 0 Å². The number of amides is 1.